The number of carbonyl (C=O) groups excluding carboxylic acids is 2. The molecule has 0 radical (unpaired) electrons. The van der Waals surface area contributed by atoms with Gasteiger partial charge in [0.2, 0.25) is 0 Å². The van der Waals surface area contributed by atoms with Crippen molar-refractivity contribution in [2.45, 2.75) is 13.5 Å². The molecule has 0 saturated heterocycles. The van der Waals surface area contributed by atoms with Crippen molar-refractivity contribution in [3.63, 3.8) is 0 Å². The Morgan fingerprint density at radius 2 is 1.79 bits per heavy atom. The van der Waals surface area contributed by atoms with Crippen LogP contribution in [-0.4, -0.2) is 37.3 Å². The lowest BCUT2D eigenvalue weighted by molar-refractivity contribution is -0.143. The number of thiophene rings is 1. The lowest BCUT2D eigenvalue weighted by Crippen LogP contribution is -2.23. The predicted molar refractivity (Wildman–Crippen MR) is 114 cm³/mol. The molecule has 154 valence electrons. The van der Waals surface area contributed by atoms with Crippen LogP contribution >= 0.6 is 45.9 Å². The van der Waals surface area contributed by atoms with Gasteiger partial charge in [-0.25, -0.2) is 0 Å². The summed E-state index contributed by atoms with van der Waals surface area (Å²) in [7, 11) is 3.05. The summed E-state index contributed by atoms with van der Waals surface area (Å²) in [4.78, 5) is 29.3. The van der Waals surface area contributed by atoms with Crippen LogP contribution in [0.15, 0.2) is 23.2 Å². The Kier molecular flexibility index (Phi) is 6.84. The van der Waals surface area contributed by atoms with E-state index in [1.807, 2.05) is 0 Å². The van der Waals surface area contributed by atoms with E-state index < -0.39 is 11.9 Å². The normalized spacial score (nSPS) is 11.7. The van der Waals surface area contributed by atoms with E-state index in [9.17, 15) is 9.59 Å². The first-order valence-electron chi connectivity index (χ1n) is 8.32. The number of rotatable bonds is 6. The maximum Gasteiger partial charge on any atom is 0.326 e. The summed E-state index contributed by atoms with van der Waals surface area (Å²) in [5.74, 6) is 0.00440. The molecule has 11 heteroatoms. The van der Waals surface area contributed by atoms with Gasteiger partial charge in [-0.3, -0.25) is 9.59 Å². The minimum Gasteiger partial charge on any atom is -0.493 e. The zero-order chi connectivity index (χ0) is 21.1. The molecular formula is C18H16Cl2N2O5S2. The molecule has 0 fully saturated rings. The molecule has 0 atom stereocenters. The van der Waals surface area contributed by atoms with E-state index in [2.05, 4.69) is 4.99 Å². The van der Waals surface area contributed by atoms with Crippen LogP contribution in [0.2, 0.25) is 8.67 Å². The molecule has 0 aliphatic carbocycles. The number of ether oxygens (including phenoxy) is 3. The molecule has 1 aromatic carbocycles. The molecule has 3 aromatic rings. The molecule has 0 bridgehead atoms. The Hall–Kier alpha value is -2.07. The van der Waals surface area contributed by atoms with Gasteiger partial charge in [0.15, 0.2) is 16.3 Å². The van der Waals surface area contributed by atoms with Gasteiger partial charge < -0.3 is 18.8 Å². The number of thiazole rings is 1. The van der Waals surface area contributed by atoms with Crippen molar-refractivity contribution in [2.75, 3.05) is 20.8 Å². The Morgan fingerprint density at radius 3 is 2.38 bits per heavy atom. The molecule has 29 heavy (non-hydrogen) atoms. The molecule has 0 N–H and O–H groups in total. The van der Waals surface area contributed by atoms with E-state index in [0.717, 1.165) is 16.0 Å². The maximum atomic E-state index is 12.7. The quantitative estimate of drug-likeness (QED) is 0.494. The topological polar surface area (TPSA) is 79.1 Å². The molecule has 3 rings (SSSR count). The summed E-state index contributed by atoms with van der Waals surface area (Å²) < 4.78 is 18.7. The first-order chi connectivity index (χ1) is 13.9. The van der Waals surface area contributed by atoms with E-state index in [4.69, 9.17) is 37.4 Å². The van der Waals surface area contributed by atoms with Crippen LogP contribution < -0.4 is 14.3 Å². The van der Waals surface area contributed by atoms with Gasteiger partial charge in [0, 0.05) is 12.1 Å². The SMILES string of the molecule is CCOC(=O)Cn1c(=NC(=O)c2cc(Cl)sc2Cl)sc2cc(OC)c(OC)cc21. The molecule has 0 spiro atoms. The van der Waals surface area contributed by atoms with Crippen molar-refractivity contribution >= 4 is 68.0 Å². The molecule has 2 heterocycles. The Morgan fingerprint density at radius 1 is 1.10 bits per heavy atom. The predicted octanol–water partition coefficient (Wildman–Crippen LogP) is 4.39. The summed E-state index contributed by atoms with van der Waals surface area (Å²) in [5.41, 5.74) is 0.860. The average Bonchev–Trinajstić information content (AvgIpc) is 3.19. The van der Waals surface area contributed by atoms with Gasteiger partial charge in [0.05, 0.1) is 40.9 Å². The number of fused-ring (bicyclic) bond motifs is 1. The van der Waals surface area contributed by atoms with Crippen molar-refractivity contribution in [1.29, 1.82) is 0 Å². The molecule has 1 amide bonds. The Labute approximate surface area is 184 Å². The van der Waals surface area contributed by atoms with Crippen molar-refractivity contribution in [3.05, 3.63) is 37.2 Å². The van der Waals surface area contributed by atoms with E-state index in [1.54, 1.807) is 23.6 Å². The molecule has 0 unspecified atom stereocenters. The second-order valence-corrected chi connectivity index (χ2v) is 8.90. The highest BCUT2D eigenvalue weighted by Crippen LogP contribution is 2.34. The number of methoxy groups -OCH3 is 2. The number of benzene rings is 1. The molecule has 2 aromatic heterocycles. The summed E-state index contributed by atoms with van der Waals surface area (Å²) >= 11 is 14.3. The van der Waals surface area contributed by atoms with Gasteiger partial charge in [-0.1, -0.05) is 34.5 Å². The fourth-order valence-corrected chi connectivity index (χ4v) is 5.09. The van der Waals surface area contributed by atoms with Gasteiger partial charge in [-0.05, 0) is 13.0 Å². The molecule has 0 aliphatic heterocycles. The minimum atomic E-state index is -0.554. The van der Waals surface area contributed by atoms with Gasteiger partial charge in [0.25, 0.3) is 5.91 Å². The third kappa shape index (κ3) is 4.58. The first kappa shape index (κ1) is 21.6. The molecular weight excluding hydrogens is 459 g/mol. The molecule has 7 nitrogen and oxygen atoms in total. The highest BCUT2D eigenvalue weighted by molar-refractivity contribution is 7.20. The van der Waals surface area contributed by atoms with E-state index in [0.29, 0.717) is 26.2 Å². The zero-order valence-electron chi connectivity index (χ0n) is 15.7. The van der Waals surface area contributed by atoms with Crippen LogP contribution in [0, 0.1) is 0 Å². The third-order valence-electron chi connectivity index (χ3n) is 3.86. The van der Waals surface area contributed by atoms with Crippen LogP contribution in [0.1, 0.15) is 17.3 Å². The van der Waals surface area contributed by atoms with Crippen LogP contribution in [0.4, 0.5) is 0 Å². The van der Waals surface area contributed by atoms with Gasteiger partial charge in [-0.2, -0.15) is 4.99 Å². The van der Waals surface area contributed by atoms with Crippen LogP contribution in [0.3, 0.4) is 0 Å². The van der Waals surface area contributed by atoms with Crippen molar-refractivity contribution in [3.8, 4) is 11.5 Å². The van der Waals surface area contributed by atoms with E-state index >= 15 is 0 Å². The molecule has 0 aliphatic rings. The monoisotopic (exact) mass is 474 g/mol. The van der Waals surface area contributed by atoms with E-state index in [1.165, 1.54) is 31.6 Å². The number of nitrogens with zero attached hydrogens (tertiary/aromatic N) is 2. The Bertz CT molecular complexity index is 1150. The lowest BCUT2D eigenvalue weighted by atomic mass is 10.3. The van der Waals surface area contributed by atoms with Crippen molar-refractivity contribution in [1.82, 2.24) is 4.57 Å². The van der Waals surface area contributed by atoms with Gasteiger partial charge in [-0.15, -0.1) is 11.3 Å². The second kappa shape index (κ2) is 9.17. The smallest absolute Gasteiger partial charge is 0.326 e. The zero-order valence-corrected chi connectivity index (χ0v) is 18.8. The summed E-state index contributed by atoms with van der Waals surface area (Å²) in [6.07, 6.45) is 0. The van der Waals surface area contributed by atoms with Crippen molar-refractivity contribution in [2.24, 2.45) is 4.99 Å². The minimum absolute atomic E-state index is 0.117. The number of amides is 1. The van der Waals surface area contributed by atoms with E-state index in [-0.39, 0.29) is 23.1 Å². The second-order valence-electron chi connectivity index (χ2n) is 5.61. The molecule has 0 saturated carbocycles. The number of hydrogen-bond acceptors (Lipinski definition) is 7. The number of halogens is 2. The lowest BCUT2D eigenvalue weighted by Gasteiger charge is -2.09. The highest BCUT2D eigenvalue weighted by Gasteiger charge is 2.18. The standard InChI is InChI=1S/C18H16Cl2N2O5S2/c1-4-27-15(23)8-22-10-6-11(25-2)12(26-3)7-13(10)28-18(22)21-17(24)9-5-14(19)29-16(9)20/h5-7H,4,8H2,1-3H3. The summed E-state index contributed by atoms with van der Waals surface area (Å²) in [6.45, 7) is 1.85. The van der Waals surface area contributed by atoms with Gasteiger partial charge >= 0.3 is 5.97 Å². The largest absolute Gasteiger partial charge is 0.493 e. The fraction of sp³-hybridized carbons (Fsp3) is 0.278. The highest BCUT2D eigenvalue weighted by atomic mass is 35.5. The van der Waals surface area contributed by atoms with Crippen LogP contribution in [0.5, 0.6) is 11.5 Å². The maximum absolute atomic E-state index is 12.7. The first-order valence-corrected chi connectivity index (χ1v) is 10.7. The van der Waals surface area contributed by atoms with Gasteiger partial charge in [0.1, 0.15) is 10.9 Å². The number of aromatic nitrogens is 1. The van der Waals surface area contributed by atoms with Crippen LogP contribution in [0.25, 0.3) is 10.2 Å². The number of esters is 1. The fourth-order valence-electron chi connectivity index (χ4n) is 2.60. The Balaban J connectivity index is 2.19. The number of hydrogen-bond donors (Lipinski definition) is 0. The van der Waals surface area contributed by atoms with Crippen LogP contribution in [-0.2, 0) is 16.1 Å². The summed E-state index contributed by atoms with van der Waals surface area (Å²) in [6, 6.07) is 4.95. The number of carbonyl (C=O) groups is 2. The summed E-state index contributed by atoms with van der Waals surface area (Å²) in [5, 5.41) is 0. The van der Waals surface area contributed by atoms with Crippen molar-refractivity contribution < 1.29 is 23.8 Å². The average molecular weight is 475 g/mol. The third-order valence-corrected chi connectivity index (χ3v) is 6.39.